The van der Waals surface area contributed by atoms with E-state index in [4.69, 9.17) is 11.1 Å². The van der Waals surface area contributed by atoms with Crippen LogP contribution >= 0.6 is 0 Å². The molecular weight excluding hydrogens is 382 g/mol. The maximum Gasteiger partial charge on any atom is 0.307 e. The van der Waals surface area contributed by atoms with E-state index in [0.717, 1.165) is 44.3 Å². The molecule has 162 valence electrons. The van der Waals surface area contributed by atoms with Gasteiger partial charge in [0.25, 0.3) is 0 Å². The summed E-state index contributed by atoms with van der Waals surface area (Å²) in [5, 5.41) is 31.7. The number of H-pyrrole nitrogens is 1. The van der Waals surface area contributed by atoms with Crippen molar-refractivity contribution >= 4 is 11.9 Å². The number of unbranched alkanes of at least 4 members (excludes halogenated alkanes) is 1. The molecule has 1 aliphatic heterocycles. The Morgan fingerprint density at radius 1 is 1.33 bits per heavy atom. The van der Waals surface area contributed by atoms with Gasteiger partial charge in [0.05, 0.1) is 5.92 Å². The molecule has 0 radical (unpaired) electrons. The zero-order valence-corrected chi connectivity index (χ0v) is 17.4. The fourth-order valence-corrected chi connectivity index (χ4v) is 4.29. The van der Waals surface area contributed by atoms with E-state index in [1.54, 1.807) is 0 Å². The Hall–Kier alpha value is -2.97. The molecule has 2 aromatic rings. The number of carboxylic acids is 1. The number of likely N-dealkylation sites (tertiary alicyclic amines) is 1. The maximum absolute atomic E-state index is 12.0. The summed E-state index contributed by atoms with van der Waals surface area (Å²) in [7, 11) is 0. The number of carbonyl (C=O) groups is 1. The van der Waals surface area contributed by atoms with Gasteiger partial charge in [0, 0.05) is 19.0 Å². The number of aromatic amines is 1. The molecule has 0 aliphatic carbocycles. The van der Waals surface area contributed by atoms with Crippen molar-refractivity contribution in [1.29, 1.82) is 5.41 Å². The van der Waals surface area contributed by atoms with E-state index in [-0.39, 0.29) is 11.9 Å². The predicted octanol–water partition coefficient (Wildman–Crippen LogP) is 2.49. The van der Waals surface area contributed by atoms with E-state index in [9.17, 15) is 9.90 Å². The zero-order chi connectivity index (χ0) is 21.5. The summed E-state index contributed by atoms with van der Waals surface area (Å²) < 4.78 is 0. The summed E-state index contributed by atoms with van der Waals surface area (Å²) in [6, 6.07) is 8.44. The first kappa shape index (κ1) is 21.7. The number of nitrogens with zero attached hydrogens (tertiary/aromatic N) is 4. The molecular formula is C21H31N7O2. The number of aromatic nitrogens is 4. The third-order valence-electron chi connectivity index (χ3n) is 6.11. The second kappa shape index (κ2) is 10.2. The lowest BCUT2D eigenvalue weighted by Gasteiger charge is -2.32. The molecule has 5 N–H and O–H groups in total. The molecule has 1 aliphatic rings. The number of hydrogen-bond donors (Lipinski definition) is 4. The highest BCUT2D eigenvalue weighted by atomic mass is 16.4. The van der Waals surface area contributed by atoms with E-state index >= 15 is 0 Å². The summed E-state index contributed by atoms with van der Waals surface area (Å²) >= 11 is 0. The minimum Gasteiger partial charge on any atom is -0.481 e. The molecule has 0 spiro atoms. The largest absolute Gasteiger partial charge is 0.481 e. The van der Waals surface area contributed by atoms with Gasteiger partial charge in [-0.25, -0.2) is 0 Å². The van der Waals surface area contributed by atoms with Crippen LogP contribution in [0.3, 0.4) is 0 Å². The van der Waals surface area contributed by atoms with Crippen LogP contribution in [0.15, 0.2) is 24.3 Å². The average Bonchev–Trinajstić information content (AvgIpc) is 3.28. The van der Waals surface area contributed by atoms with Gasteiger partial charge < -0.3 is 15.7 Å². The molecule has 3 rings (SSSR count). The second-order valence-electron chi connectivity index (χ2n) is 8.06. The molecule has 1 aromatic carbocycles. The van der Waals surface area contributed by atoms with E-state index in [1.165, 1.54) is 5.56 Å². The number of nitrogens with two attached hydrogens (primary N) is 1. The van der Waals surface area contributed by atoms with Gasteiger partial charge in [-0.2, -0.15) is 5.21 Å². The molecule has 1 saturated heterocycles. The number of benzene rings is 1. The third kappa shape index (κ3) is 5.34. The van der Waals surface area contributed by atoms with Gasteiger partial charge in [0.15, 0.2) is 11.8 Å². The highest BCUT2D eigenvalue weighted by molar-refractivity contribution is 5.74. The standard InChI is InChI=1S/C21H31N7O2/c1-2-3-4-17(20(29)30)18(19-24-26-27-25-19)13-14-5-7-15(8-6-14)16-9-11-28(12-10-16)21(22)23/h5-8,16-18H,2-4,9-13H2,1H3,(H3,22,23)(H,29,30)(H,24,25,26,27)/t17-,18-/m0/s1. The van der Waals surface area contributed by atoms with Crippen LogP contribution in [0.2, 0.25) is 0 Å². The lowest BCUT2D eigenvalue weighted by Crippen LogP contribution is -2.41. The molecule has 0 saturated carbocycles. The fraction of sp³-hybridized carbons (Fsp3) is 0.571. The maximum atomic E-state index is 12.0. The number of guanidine groups is 1. The Bertz CT molecular complexity index is 814. The van der Waals surface area contributed by atoms with E-state index in [0.29, 0.717) is 24.6 Å². The van der Waals surface area contributed by atoms with Gasteiger partial charge in [-0.15, -0.1) is 10.2 Å². The van der Waals surface area contributed by atoms with Crippen molar-refractivity contribution in [2.24, 2.45) is 11.7 Å². The Balaban J connectivity index is 1.71. The van der Waals surface area contributed by atoms with Gasteiger partial charge in [0.1, 0.15) is 0 Å². The van der Waals surface area contributed by atoms with Crippen LogP contribution < -0.4 is 5.73 Å². The highest BCUT2D eigenvalue weighted by Gasteiger charge is 2.32. The molecule has 2 atom stereocenters. The summed E-state index contributed by atoms with van der Waals surface area (Å²) in [4.78, 5) is 13.9. The number of nitrogens with one attached hydrogen (secondary N) is 2. The monoisotopic (exact) mass is 413 g/mol. The highest BCUT2D eigenvalue weighted by Crippen LogP contribution is 2.32. The number of carboxylic acid groups (broad SMARTS) is 1. The minimum atomic E-state index is -0.813. The van der Waals surface area contributed by atoms with Gasteiger partial charge in [-0.1, -0.05) is 49.2 Å². The summed E-state index contributed by atoms with van der Waals surface area (Å²) in [6.07, 6.45) is 4.90. The number of piperidine rings is 1. The number of rotatable bonds is 9. The topological polar surface area (TPSA) is 145 Å². The Morgan fingerprint density at radius 2 is 2.03 bits per heavy atom. The molecule has 9 heteroatoms. The van der Waals surface area contributed by atoms with Crippen LogP contribution in [0.1, 0.15) is 67.8 Å². The Morgan fingerprint density at radius 3 is 2.57 bits per heavy atom. The number of tetrazole rings is 1. The molecule has 30 heavy (non-hydrogen) atoms. The van der Waals surface area contributed by atoms with Crippen molar-refractivity contribution in [2.45, 2.75) is 57.3 Å². The quantitative estimate of drug-likeness (QED) is 0.365. The minimum absolute atomic E-state index is 0.146. The first-order chi connectivity index (χ1) is 14.5. The van der Waals surface area contributed by atoms with Crippen LogP contribution in [0.4, 0.5) is 0 Å². The predicted molar refractivity (Wildman–Crippen MR) is 113 cm³/mol. The number of aliphatic carboxylic acids is 1. The molecule has 9 nitrogen and oxygen atoms in total. The normalized spacial score (nSPS) is 16.9. The van der Waals surface area contributed by atoms with Crippen molar-refractivity contribution in [3.63, 3.8) is 0 Å². The third-order valence-corrected chi connectivity index (χ3v) is 6.11. The van der Waals surface area contributed by atoms with Crippen LogP contribution in [0.5, 0.6) is 0 Å². The van der Waals surface area contributed by atoms with Gasteiger partial charge in [-0.3, -0.25) is 10.2 Å². The van der Waals surface area contributed by atoms with Gasteiger partial charge >= 0.3 is 5.97 Å². The van der Waals surface area contributed by atoms with E-state index in [2.05, 4.69) is 51.8 Å². The van der Waals surface area contributed by atoms with Crippen molar-refractivity contribution in [3.05, 3.63) is 41.2 Å². The Labute approximate surface area is 176 Å². The first-order valence-electron chi connectivity index (χ1n) is 10.6. The molecule has 0 amide bonds. The fourth-order valence-electron chi connectivity index (χ4n) is 4.29. The van der Waals surface area contributed by atoms with Crippen LogP contribution in [-0.4, -0.2) is 55.6 Å². The smallest absolute Gasteiger partial charge is 0.307 e. The molecule has 0 unspecified atom stereocenters. The lowest BCUT2D eigenvalue weighted by atomic mass is 9.82. The van der Waals surface area contributed by atoms with Crippen molar-refractivity contribution < 1.29 is 9.90 Å². The van der Waals surface area contributed by atoms with Crippen molar-refractivity contribution in [2.75, 3.05) is 13.1 Å². The molecule has 0 bridgehead atoms. The molecule has 1 aromatic heterocycles. The summed E-state index contributed by atoms with van der Waals surface area (Å²) in [5.41, 5.74) is 7.93. The zero-order valence-electron chi connectivity index (χ0n) is 17.4. The first-order valence-corrected chi connectivity index (χ1v) is 10.6. The van der Waals surface area contributed by atoms with E-state index in [1.807, 2.05) is 4.90 Å². The van der Waals surface area contributed by atoms with Crippen LogP contribution in [0, 0.1) is 11.3 Å². The second-order valence-corrected chi connectivity index (χ2v) is 8.06. The summed E-state index contributed by atoms with van der Waals surface area (Å²) in [5.74, 6) is -0.617. The molecule has 1 fully saturated rings. The molecule has 2 heterocycles. The SMILES string of the molecule is CCCC[C@H](C(=O)O)[C@H](Cc1ccc(C2CCN(C(=N)N)CC2)cc1)c1nn[nH]n1. The van der Waals surface area contributed by atoms with Crippen LogP contribution in [0.25, 0.3) is 0 Å². The number of hydrogen-bond acceptors (Lipinski definition) is 5. The van der Waals surface area contributed by atoms with E-state index < -0.39 is 11.9 Å². The lowest BCUT2D eigenvalue weighted by molar-refractivity contribution is -0.143. The van der Waals surface area contributed by atoms with Gasteiger partial charge in [-0.05, 0) is 42.7 Å². The van der Waals surface area contributed by atoms with Crippen molar-refractivity contribution in [1.82, 2.24) is 25.5 Å². The van der Waals surface area contributed by atoms with Crippen molar-refractivity contribution in [3.8, 4) is 0 Å². The Kier molecular flexibility index (Phi) is 7.37. The van der Waals surface area contributed by atoms with Crippen LogP contribution in [-0.2, 0) is 11.2 Å². The summed E-state index contributed by atoms with van der Waals surface area (Å²) in [6.45, 7) is 3.67. The average molecular weight is 414 g/mol. The van der Waals surface area contributed by atoms with Gasteiger partial charge in [0.2, 0.25) is 0 Å².